The average molecular weight is 674 g/mol. The van der Waals surface area contributed by atoms with Gasteiger partial charge >= 0.3 is 11.9 Å². The Morgan fingerprint density at radius 2 is 0.936 bits per heavy atom. The molecule has 2 amide bonds. The molecule has 0 radical (unpaired) electrons. The highest BCUT2D eigenvalue weighted by Crippen LogP contribution is 2.20. The van der Waals surface area contributed by atoms with E-state index in [0.717, 1.165) is 0 Å². The van der Waals surface area contributed by atoms with Crippen molar-refractivity contribution in [3.63, 3.8) is 0 Å². The number of nitrogens with one attached hydrogen (secondary N) is 2. The number of halogens is 2. The molecule has 10 nitrogen and oxygen atoms in total. The number of hydrogen-bond donors (Lipinski definition) is 2. The predicted molar refractivity (Wildman–Crippen MR) is 180 cm³/mol. The summed E-state index contributed by atoms with van der Waals surface area (Å²) in [5, 5.41) is 8.52. The number of carbonyl (C=O) groups is 4. The summed E-state index contributed by atoms with van der Waals surface area (Å²) in [7, 11) is 0. The van der Waals surface area contributed by atoms with Crippen molar-refractivity contribution in [1.29, 1.82) is 0 Å². The highest BCUT2D eigenvalue weighted by atomic mass is 35.5. The van der Waals surface area contributed by atoms with E-state index in [1.54, 1.807) is 97.1 Å². The second-order valence-electron chi connectivity index (χ2n) is 10.0. The summed E-state index contributed by atoms with van der Waals surface area (Å²) < 4.78 is 10.7. The topological polar surface area (TPSA) is 136 Å². The zero-order valence-corrected chi connectivity index (χ0v) is 26.5. The van der Waals surface area contributed by atoms with E-state index < -0.39 is 11.9 Å². The Morgan fingerprint density at radius 3 is 1.32 bits per heavy atom. The fourth-order valence-corrected chi connectivity index (χ4v) is 4.46. The van der Waals surface area contributed by atoms with Gasteiger partial charge in [0.05, 0.1) is 33.6 Å². The lowest BCUT2D eigenvalue weighted by atomic mass is 10.1. The van der Waals surface area contributed by atoms with Crippen molar-refractivity contribution >= 4 is 59.4 Å². The van der Waals surface area contributed by atoms with Crippen LogP contribution in [0.25, 0.3) is 0 Å². The van der Waals surface area contributed by atoms with Crippen LogP contribution in [0.1, 0.15) is 63.9 Å². The normalized spacial score (nSPS) is 10.9. The van der Waals surface area contributed by atoms with Crippen molar-refractivity contribution in [2.45, 2.75) is 32.1 Å². The van der Waals surface area contributed by atoms with Gasteiger partial charge in [-0.05, 0) is 96.8 Å². The number of ether oxygens (including phenoxy) is 2. The number of benzene rings is 4. The highest BCUT2D eigenvalue weighted by molar-refractivity contribution is 6.34. The molecule has 240 valence electrons. The maximum Gasteiger partial charge on any atom is 0.345 e. The molecule has 0 unspecified atom stereocenters. The number of carbonyl (C=O) groups excluding carboxylic acids is 4. The van der Waals surface area contributed by atoms with Crippen molar-refractivity contribution in [3.05, 3.63) is 129 Å². The lowest BCUT2D eigenvalue weighted by Crippen LogP contribution is -2.18. The van der Waals surface area contributed by atoms with Crippen LogP contribution < -0.4 is 20.3 Å². The average Bonchev–Trinajstić information content (AvgIpc) is 3.06. The van der Waals surface area contributed by atoms with E-state index in [0.29, 0.717) is 51.9 Å². The number of hydrogen-bond acceptors (Lipinski definition) is 8. The Hall–Kier alpha value is -5.32. The second-order valence-corrected chi connectivity index (χ2v) is 10.8. The lowest BCUT2D eigenvalue weighted by Gasteiger charge is -2.06. The molecule has 0 heterocycles. The van der Waals surface area contributed by atoms with Gasteiger partial charge in [0.1, 0.15) is 11.5 Å². The first kappa shape index (κ1) is 34.6. The lowest BCUT2D eigenvalue weighted by molar-refractivity contribution is -0.121. The van der Waals surface area contributed by atoms with Gasteiger partial charge in [0.25, 0.3) is 0 Å². The van der Waals surface area contributed by atoms with Gasteiger partial charge in [-0.25, -0.2) is 20.4 Å². The summed E-state index contributed by atoms with van der Waals surface area (Å²) in [5.74, 6) is -0.919. The van der Waals surface area contributed by atoms with E-state index in [1.165, 1.54) is 12.4 Å². The van der Waals surface area contributed by atoms with Crippen LogP contribution in [0.15, 0.2) is 107 Å². The molecule has 0 atom stereocenters. The zero-order chi connectivity index (χ0) is 33.4. The molecule has 0 aliphatic heterocycles. The highest BCUT2D eigenvalue weighted by Gasteiger charge is 2.13. The Bertz CT molecular complexity index is 1630. The molecule has 2 N–H and O–H groups in total. The molecule has 0 spiro atoms. The Labute approximate surface area is 281 Å². The zero-order valence-electron chi connectivity index (χ0n) is 25.0. The molecule has 4 aromatic carbocycles. The predicted octanol–water partition coefficient (Wildman–Crippen LogP) is 6.98. The van der Waals surface area contributed by atoms with Gasteiger partial charge in [0.2, 0.25) is 11.8 Å². The summed E-state index contributed by atoms with van der Waals surface area (Å²) in [6, 6.07) is 26.5. The molecule has 0 aromatic heterocycles. The van der Waals surface area contributed by atoms with E-state index in [-0.39, 0.29) is 35.8 Å². The minimum absolute atomic E-state index is 0.245. The van der Waals surface area contributed by atoms with Gasteiger partial charge in [0.15, 0.2) is 0 Å². The van der Waals surface area contributed by atoms with Crippen LogP contribution in [-0.4, -0.2) is 36.2 Å². The van der Waals surface area contributed by atoms with Gasteiger partial charge in [-0.15, -0.1) is 0 Å². The Kier molecular flexibility index (Phi) is 13.2. The van der Waals surface area contributed by atoms with Crippen LogP contribution in [0.5, 0.6) is 11.5 Å². The summed E-state index contributed by atoms with van der Waals surface area (Å²) in [6.07, 6.45) is 5.35. The summed E-state index contributed by atoms with van der Waals surface area (Å²) in [6.45, 7) is 0. The monoisotopic (exact) mass is 672 g/mol. The summed E-state index contributed by atoms with van der Waals surface area (Å²) in [4.78, 5) is 48.7. The van der Waals surface area contributed by atoms with Gasteiger partial charge in [-0.1, -0.05) is 53.9 Å². The third kappa shape index (κ3) is 11.5. The maximum absolute atomic E-state index is 12.3. The number of esters is 2. The number of unbranched alkanes of at least 4 members (excludes halogenated alkanes) is 2. The molecule has 47 heavy (non-hydrogen) atoms. The van der Waals surface area contributed by atoms with Crippen LogP contribution in [0.4, 0.5) is 0 Å². The van der Waals surface area contributed by atoms with Crippen LogP contribution in [-0.2, 0) is 9.59 Å². The second kappa shape index (κ2) is 18.0. The van der Waals surface area contributed by atoms with Gasteiger partial charge < -0.3 is 9.47 Å². The maximum atomic E-state index is 12.3. The van der Waals surface area contributed by atoms with Crippen molar-refractivity contribution in [2.75, 3.05) is 0 Å². The van der Waals surface area contributed by atoms with Crippen molar-refractivity contribution < 1.29 is 28.7 Å². The summed E-state index contributed by atoms with van der Waals surface area (Å²) in [5.41, 5.74) is 6.89. The smallest absolute Gasteiger partial charge is 0.345 e. The molecule has 12 heteroatoms. The first-order chi connectivity index (χ1) is 22.8. The molecule has 0 aliphatic rings. The minimum Gasteiger partial charge on any atom is -0.423 e. The number of nitrogens with zero attached hydrogens (tertiary/aromatic N) is 2. The van der Waals surface area contributed by atoms with E-state index >= 15 is 0 Å². The molecule has 0 bridgehead atoms. The van der Waals surface area contributed by atoms with E-state index in [1.807, 2.05) is 0 Å². The minimum atomic E-state index is -0.560. The van der Waals surface area contributed by atoms with Crippen molar-refractivity contribution in [3.8, 4) is 11.5 Å². The standard InChI is InChI=1S/C35H30Cl2N4O6/c36-30-10-6-4-8-28(30)34(44)46-26-18-14-24(15-19-26)22-38-40-32(42)12-2-1-3-13-33(43)41-39-23-25-16-20-27(21-17-25)47-35(45)29-9-5-7-11-31(29)37/h4-11,14-23H,1-3,12-13H2,(H,40,42)(H,41,43). The molecular formula is C35H30Cl2N4O6. The van der Waals surface area contributed by atoms with E-state index in [9.17, 15) is 19.2 Å². The Balaban J connectivity index is 1.06. The van der Waals surface area contributed by atoms with Crippen molar-refractivity contribution in [1.82, 2.24) is 10.9 Å². The van der Waals surface area contributed by atoms with Crippen LogP contribution in [0, 0.1) is 0 Å². The molecular weight excluding hydrogens is 643 g/mol. The van der Waals surface area contributed by atoms with Crippen LogP contribution in [0.2, 0.25) is 10.0 Å². The number of amides is 2. The van der Waals surface area contributed by atoms with Gasteiger partial charge in [-0.2, -0.15) is 10.2 Å². The third-order valence-corrected chi connectivity index (χ3v) is 7.14. The van der Waals surface area contributed by atoms with Gasteiger partial charge in [0, 0.05) is 12.8 Å². The fourth-order valence-electron chi connectivity index (χ4n) is 4.04. The molecule has 4 aromatic rings. The number of rotatable bonds is 14. The molecule has 0 fully saturated rings. The van der Waals surface area contributed by atoms with Crippen LogP contribution >= 0.6 is 23.2 Å². The Morgan fingerprint density at radius 1 is 0.553 bits per heavy atom. The SMILES string of the molecule is O=C(CCCCCC(=O)NN=Cc1ccc(OC(=O)c2ccccc2Cl)cc1)NN=Cc1ccc(OC(=O)c2ccccc2Cl)cc1. The molecule has 4 rings (SSSR count). The van der Waals surface area contributed by atoms with Crippen molar-refractivity contribution in [2.24, 2.45) is 10.2 Å². The van der Waals surface area contributed by atoms with E-state index in [4.69, 9.17) is 32.7 Å². The van der Waals surface area contributed by atoms with Crippen LogP contribution in [0.3, 0.4) is 0 Å². The first-order valence-corrected chi connectivity index (χ1v) is 15.3. The largest absolute Gasteiger partial charge is 0.423 e. The van der Waals surface area contributed by atoms with E-state index in [2.05, 4.69) is 21.1 Å². The van der Waals surface area contributed by atoms with Gasteiger partial charge in [-0.3, -0.25) is 9.59 Å². The number of hydrazone groups is 2. The quantitative estimate of drug-likeness (QED) is 0.0488. The molecule has 0 saturated carbocycles. The first-order valence-electron chi connectivity index (χ1n) is 14.6. The molecule has 0 saturated heterocycles. The summed E-state index contributed by atoms with van der Waals surface area (Å²) >= 11 is 12.1. The third-order valence-electron chi connectivity index (χ3n) is 6.48. The fraction of sp³-hybridized carbons (Fsp3) is 0.143. The molecule has 0 aliphatic carbocycles.